The molecular formula is C13H23N5O3. The molecule has 1 unspecified atom stereocenters. The second kappa shape index (κ2) is 6.86. The molecule has 8 heteroatoms. The van der Waals surface area contributed by atoms with Gasteiger partial charge in [-0.05, 0) is 15.8 Å². The molecule has 0 amide bonds. The van der Waals surface area contributed by atoms with Crippen LogP contribution >= 0.6 is 0 Å². The Kier molecular flexibility index (Phi) is 5.13. The first-order valence-corrected chi connectivity index (χ1v) is 7.22. The first-order valence-electron chi connectivity index (χ1n) is 7.22. The molecule has 0 saturated carbocycles. The van der Waals surface area contributed by atoms with Gasteiger partial charge in [0, 0.05) is 32.7 Å². The van der Waals surface area contributed by atoms with Gasteiger partial charge >= 0.3 is 5.82 Å². The topological polar surface area (TPSA) is 85.5 Å². The van der Waals surface area contributed by atoms with Crippen LogP contribution in [0.1, 0.15) is 13.8 Å². The smallest absolute Gasteiger partial charge is 0.379 e. The van der Waals surface area contributed by atoms with E-state index in [1.807, 2.05) is 0 Å². The number of anilines is 1. The third-order valence-corrected chi connectivity index (χ3v) is 3.85. The molecule has 1 atom stereocenters. The number of aromatic nitrogens is 2. The SMILES string of the molecule is CC(C)C(CNc1c([N+](=O)[O-])ncn1C)N1CCOCC1. The highest BCUT2D eigenvalue weighted by Crippen LogP contribution is 2.22. The van der Waals surface area contributed by atoms with E-state index in [9.17, 15) is 10.1 Å². The zero-order valence-electron chi connectivity index (χ0n) is 12.8. The zero-order chi connectivity index (χ0) is 15.4. The first kappa shape index (κ1) is 15.7. The van der Waals surface area contributed by atoms with Crippen LogP contribution in [0.4, 0.5) is 11.6 Å². The summed E-state index contributed by atoms with van der Waals surface area (Å²) < 4.78 is 7.03. The molecule has 0 aliphatic carbocycles. The molecule has 21 heavy (non-hydrogen) atoms. The number of hydrogen-bond acceptors (Lipinski definition) is 6. The molecule has 2 heterocycles. The fourth-order valence-electron chi connectivity index (χ4n) is 2.65. The van der Waals surface area contributed by atoms with Gasteiger partial charge in [0.1, 0.15) is 0 Å². The van der Waals surface area contributed by atoms with Crippen LogP contribution in [0.25, 0.3) is 0 Å². The molecule has 0 radical (unpaired) electrons. The van der Waals surface area contributed by atoms with Gasteiger partial charge in [0.15, 0.2) is 0 Å². The Balaban J connectivity index is 2.05. The van der Waals surface area contributed by atoms with Gasteiger partial charge in [-0.15, -0.1) is 0 Å². The minimum absolute atomic E-state index is 0.123. The van der Waals surface area contributed by atoms with Crippen LogP contribution < -0.4 is 5.32 Å². The minimum Gasteiger partial charge on any atom is -0.379 e. The van der Waals surface area contributed by atoms with Crippen molar-refractivity contribution < 1.29 is 9.66 Å². The summed E-state index contributed by atoms with van der Waals surface area (Å²) in [6, 6.07) is 0.309. The summed E-state index contributed by atoms with van der Waals surface area (Å²) >= 11 is 0. The number of nitrogens with zero attached hydrogens (tertiary/aromatic N) is 4. The molecule has 1 N–H and O–H groups in total. The summed E-state index contributed by atoms with van der Waals surface area (Å²) in [6.07, 6.45) is 1.46. The fraction of sp³-hybridized carbons (Fsp3) is 0.769. The van der Waals surface area contributed by atoms with Crippen LogP contribution in [-0.4, -0.2) is 58.3 Å². The van der Waals surface area contributed by atoms with Crippen molar-refractivity contribution in [1.29, 1.82) is 0 Å². The quantitative estimate of drug-likeness (QED) is 0.625. The standard InChI is InChI=1S/C13H23N5O3/c1-10(2)11(17-4-6-21-7-5-17)8-14-12-13(18(19)20)15-9-16(12)3/h9-11,14H,4-8H2,1-3H3. The van der Waals surface area contributed by atoms with Crippen LogP contribution in [0.2, 0.25) is 0 Å². The Bertz CT molecular complexity index is 482. The van der Waals surface area contributed by atoms with E-state index in [2.05, 4.69) is 29.0 Å². The Morgan fingerprint density at radius 1 is 1.48 bits per heavy atom. The van der Waals surface area contributed by atoms with Crippen molar-refractivity contribution >= 4 is 11.6 Å². The van der Waals surface area contributed by atoms with Gasteiger partial charge in [0.2, 0.25) is 12.1 Å². The van der Waals surface area contributed by atoms with Crippen LogP contribution in [-0.2, 0) is 11.8 Å². The third-order valence-electron chi connectivity index (χ3n) is 3.85. The van der Waals surface area contributed by atoms with Crippen LogP contribution in [0.15, 0.2) is 6.33 Å². The third kappa shape index (κ3) is 3.70. The number of ether oxygens (including phenoxy) is 1. The van der Waals surface area contributed by atoms with E-state index >= 15 is 0 Å². The Labute approximate surface area is 124 Å². The van der Waals surface area contributed by atoms with E-state index in [0.717, 1.165) is 26.3 Å². The van der Waals surface area contributed by atoms with Crippen LogP contribution in [0.3, 0.4) is 0 Å². The normalized spacial score (nSPS) is 17.9. The van der Waals surface area contributed by atoms with Crippen LogP contribution in [0.5, 0.6) is 0 Å². The lowest BCUT2D eigenvalue weighted by Gasteiger charge is -2.37. The maximum absolute atomic E-state index is 11.0. The summed E-state index contributed by atoms with van der Waals surface area (Å²) in [5.41, 5.74) is 0. The molecule has 1 aliphatic heterocycles. The Morgan fingerprint density at radius 2 is 2.14 bits per heavy atom. The van der Waals surface area contributed by atoms with E-state index in [1.165, 1.54) is 6.33 Å². The lowest BCUT2D eigenvalue weighted by Crippen LogP contribution is -2.49. The first-order chi connectivity index (χ1) is 10.0. The molecular weight excluding hydrogens is 274 g/mol. The highest BCUT2D eigenvalue weighted by Gasteiger charge is 2.26. The number of nitro groups is 1. The molecule has 0 bridgehead atoms. The predicted octanol–water partition coefficient (Wildman–Crippen LogP) is 1.10. The number of aryl methyl sites for hydroxylation is 1. The largest absolute Gasteiger partial charge is 0.406 e. The molecule has 0 aromatic carbocycles. The molecule has 1 fully saturated rings. The van der Waals surface area contributed by atoms with Crippen molar-refractivity contribution in [2.24, 2.45) is 13.0 Å². The van der Waals surface area contributed by atoms with Gasteiger partial charge < -0.3 is 20.2 Å². The summed E-state index contributed by atoms with van der Waals surface area (Å²) in [7, 11) is 1.75. The van der Waals surface area contributed by atoms with Crippen molar-refractivity contribution in [2.75, 3.05) is 38.2 Å². The second-order valence-corrected chi connectivity index (χ2v) is 5.63. The van der Waals surface area contributed by atoms with Gasteiger partial charge in [-0.1, -0.05) is 13.8 Å². The van der Waals surface area contributed by atoms with Crippen molar-refractivity contribution in [1.82, 2.24) is 14.5 Å². The minimum atomic E-state index is -0.457. The number of rotatable bonds is 6. The van der Waals surface area contributed by atoms with E-state index < -0.39 is 4.92 Å². The van der Waals surface area contributed by atoms with E-state index in [1.54, 1.807) is 11.6 Å². The summed E-state index contributed by atoms with van der Waals surface area (Å²) in [5.74, 6) is 0.781. The van der Waals surface area contributed by atoms with E-state index in [4.69, 9.17) is 4.74 Å². The zero-order valence-corrected chi connectivity index (χ0v) is 12.8. The van der Waals surface area contributed by atoms with Crippen LogP contribution in [0, 0.1) is 16.0 Å². The Morgan fingerprint density at radius 3 is 2.71 bits per heavy atom. The molecule has 1 saturated heterocycles. The van der Waals surface area contributed by atoms with E-state index in [0.29, 0.717) is 24.3 Å². The van der Waals surface area contributed by atoms with Gasteiger partial charge in [-0.3, -0.25) is 9.47 Å². The highest BCUT2D eigenvalue weighted by molar-refractivity contribution is 5.52. The molecule has 1 aromatic rings. The number of nitrogens with one attached hydrogen (secondary N) is 1. The van der Waals surface area contributed by atoms with Gasteiger partial charge in [0.25, 0.3) is 0 Å². The second-order valence-electron chi connectivity index (χ2n) is 5.63. The summed E-state index contributed by atoms with van der Waals surface area (Å²) in [4.78, 5) is 16.7. The molecule has 8 nitrogen and oxygen atoms in total. The lowest BCUT2D eigenvalue weighted by atomic mass is 10.0. The van der Waals surface area contributed by atoms with Crippen molar-refractivity contribution in [3.63, 3.8) is 0 Å². The molecule has 1 aliphatic rings. The maximum Gasteiger partial charge on any atom is 0.406 e. The molecule has 1 aromatic heterocycles. The van der Waals surface area contributed by atoms with E-state index in [-0.39, 0.29) is 5.82 Å². The summed E-state index contributed by atoms with van der Waals surface area (Å²) in [5, 5.41) is 14.2. The average Bonchev–Trinajstić information content (AvgIpc) is 2.81. The fourth-order valence-corrected chi connectivity index (χ4v) is 2.65. The number of morpholine rings is 1. The van der Waals surface area contributed by atoms with Crippen molar-refractivity contribution in [2.45, 2.75) is 19.9 Å². The monoisotopic (exact) mass is 297 g/mol. The molecule has 2 rings (SSSR count). The van der Waals surface area contributed by atoms with Gasteiger partial charge in [-0.2, -0.15) is 0 Å². The van der Waals surface area contributed by atoms with Crippen molar-refractivity contribution in [3.8, 4) is 0 Å². The van der Waals surface area contributed by atoms with Gasteiger partial charge in [0.05, 0.1) is 13.2 Å². The van der Waals surface area contributed by atoms with Crippen molar-refractivity contribution in [3.05, 3.63) is 16.4 Å². The predicted molar refractivity (Wildman–Crippen MR) is 79.4 cm³/mol. The average molecular weight is 297 g/mol. The van der Waals surface area contributed by atoms with Gasteiger partial charge in [-0.25, -0.2) is 0 Å². The summed E-state index contributed by atoms with van der Waals surface area (Å²) in [6.45, 7) is 8.27. The Hall–Kier alpha value is -1.67. The number of imidazole rings is 1. The lowest BCUT2D eigenvalue weighted by molar-refractivity contribution is -0.388. The number of hydrogen-bond donors (Lipinski definition) is 1. The molecule has 118 valence electrons. The highest BCUT2D eigenvalue weighted by atomic mass is 16.6. The maximum atomic E-state index is 11.0. The molecule has 0 spiro atoms.